The van der Waals surface area contributed by atoms with Gasteiger partial charge >= 0.3 is 12.1 Å². The van der Waals surface area contributed by atoms with E-state index in [1.807, 2.05) is 0 Å². The van der Waals surface area contributed by atoms with Gasteiger partial charge in [-0.05, 0) is 41.3 Å². The predicted molar refractivity (Wildman–Crippen MR) is 90.7 cm³/mol. The summed E-state index contributed by atoms with van der Waals surface area (Å²) < 4.78 is 51.1. The van der Waals surface area contributed by atoms with E-state index in [2.05, 4.69) is 0 Å². The van der Waals surface area contributed by atoms with Gasteiger partial charge in [-0.2, -0.15) is 13.2 Å². The summed E-state index contributed by atoms with van der Waals surface area (Å²) in [6.07, 6.45) is -4.45. The molecule has 140 valence electrons. The third-order valence-corrected chi connectivity index (χ3v) is 4.12. The van der Waals surface area contributed by atoms with Crippen molar-refractivity contribution in [3.8, 4) is 22.6 Å². The van der Waals surface area contributed by atoms with Crippen LogP contribution in [0.1, 0.15) is 30.4 Å². The molecule has 7 heteroatoms. The van der Waals surface area contributed by atoms with Gasteiger partial charge in [-0.3, -0.25) is 4.79 Å². The Labute approximate surface area is 149 Å². The average Bonchev–Trinajstić information content (AvgIpc) is 2.60. The molecular formula is C19H19F3O4. The molecule has 0 aromatic heterocycles. The van der Waals surface area contributed by atoms with E-state index in [0.29, 0.717) is 11.5 Å². The van der Waals surface area contributed by atoms with E-state index in [9.17, 15) is 23.1 Å². The molecular weight excluding hydrogens is 349 g/mol. The maximum absolute atomic E-state index is 13.6. The Bertz CT molecular complexity index is 778. The van der Waals surface area contributed by atoms with Crippen LogP contribution >= 0.6 is 0 Å². The van der Waals surface area contributed by atoms with Crippen LogP contribution in [0.25, 0.3) is 11.1 Å². The van der Waals surface area contributed by atoms with Crippen molar-refractivity contribution in [3.05, 3.63) is 47.5 Å². The van der Waals surface area contributed by atoms with Crippen LogP contribution in [-0.2, 0) is 11.0 Å². The van der Waals surface area contributed by atoms with Gasteiger partial charge in [-0.1, -0.05) is 19.1 Å². The number of methoxy groups -OCH3 is 2. The second kappa shape index (κ2) is 7.68. The van der Waals surface area contributed by atoms with Crippen LogP contribution in [0.4, 0.5) is 13.2 Å². The molecule has 2 aromatic rings. The van der Waals surface area contributed by atoms with Crippen LogP contribution in [0.3, 0.4) is 0 Å². The lowest BCUT2D eigenvalue weighted by molar-refractivity contribution is -0.140. The van der Waals surface area contributed by atoms with Gasteiger partial charge in [0.2, 0.25) is 0 Å². The molecule has 0 saturated carbocycles. The van der Waals surface area contributed by atoms with Crippen LogP contribution < -0.4 is 9.47 Å². The molecule has 4 nitrogen and oxygen atoms in total. The number of carbonyl (C=O) groups is 1. The lowest BCUT2D eigenvalue weighted by Gasteiger charge is -2.18. The third-order valence-electron chi connectivity index (χ3n) is 4.12. The first-order valence-electron chi connectivity index (χ1n) is 7.88. The lowest BCUT2D eigenvalue weighted by atomic mass is 9.90. The third kappa shape index (κ3) is 4.09. The number of hydrogen-bond acceptors (Lipinski definition) is 3. The number of aliphatic carboxylic acids is 1. The molecule has 26 heavy (non-hydrogen) atoms. The number of carboxylic acids is 1. The van der Waals surface area contributed by atoms with Crippen LogP contribution in [-0.4, -0.2) is 25.3 Å². The van der Waals surface area contributed by atoms with E-state index in [0.717, 1.165) is 6.07 Å². The average molecular weight is 368 g/mol. The van der Waals surface area contributed by atoms with Gasteiger partial charge in [-0.15, -0.1) is 0 Å². The zero-order chi connectivity index (χ0) is 19.5. The molecule has 0 amide bonds. The first-order chi connectivity index (χ1) is 12.2. The van der Waals surface area contributed by atoms with Crippen LogP contribution in [0, 0.1) is 0 Å². The molecule has 0 saturated heterocycles. The van der Waals surface area contributed by atoms with Gasteiger partial charge in [0.05, 0.1) is 25.7 Å². The number of carboxylic acid groups (broad SMARTS) is 1. The monoisotopic (exact) mass is 368 g/mol. The largest absolute Gasteiger partial charge is 0.497 e. The summed E-state index contributed by atoms with van der Waals surface area (Å²) >= 11 is 0. The van der Waals surface area contributed by atoms with Gasteiger partial charge in [0.15, 0.2) is 0 Å². The highest BCUT2D eigenvalue weighted by Crippen LogP contribution is 2.41. The Morgan fingerprint density at radius 1 is 1.08 bits per heavy atom. The number of halogens is 3. The van der Waals surface area contributed by atoms with E-state index >= 15 is 0 Å². The van der Waals surface area contributed by atoms with Gasteiger partial charge in [0.1, 0.15) is 11.5 Å². The smallest absolute Gasteiger partial charge is 0.417 e. The van der Waals surface area contributed by atoms with Gasteiger partial charge < -0.3 is 14.6 Å². The van der Waals surface area contributed by atoms with E-state index in [4.69, 9.17) is 9.47 Å². The van der Waals surface area contributed by atoms with Gasteiger partial charge in [0, 0.05) is 6.07 Å². The standard InChI is InChI=1S/C19H19F3O4/c1-4-15(18(23)24)11-5-6-16(17(9-11)19(20,21)22)12-7-13(25-2)10-14(8-12)26-3/h5-10,15H,4H2,1-3H3,(H,23,24). The molecule has 0 bridgehead atoms. The summed E-state index contributed by atoms with van der Waals surface area (Å²) in [5.41, 5.74) is -0.585. The van der Waals surface area contributed by atoms with Crippen molar-refractivity contribution in [3.63, 3.8) is 0 Å². The Balaban J connectivity index is 2.68. The van der Waals surface area contributed by atoms with E-state index in [1.54, 1.807) is 13.0 Å². The van der Waals surface area contributed by atoms with Crippen molar-refractivity contribution < 1.29 is 32.5 Å². The Hall–Kier alpha value is -2.70. The summed E-state index contributed by atoms with van der Waals surface area (Å²) in [6.45, 7) is 1.62. The van der Waals surface area contributed by atoms with Crippen molar-refractivity contribution in [1.82, 2.24) is 0 Å². The molecule has 0 fully saturated rings. The summed E-state index contributed by atoms with van der Waals surface area (Å²) in [6, 6.07) is 8.12. The maximum Gasteiger partial charge on any atom is 0.417 e. The van der Waals surface area contributed by atoms with Crippen molar-refractivity contribution in [2.45, 2.75) is 25.4 Å². The highest BCUT2D eigenvalue weighted by Gasteiger charge is 2.35. The number of rotatable bonds is 6. The second-order valence-electron chi connectivity index (χ2n) is 5.70. The Morgan fingerprint density at radius 3 is 2.08 bits per heavy atom. The molecule has 0 aliphatic heterocycles. The Morgan fingerprint density at radius 2 is 1.65 bits per heavy atom. The highest BCUT2D eigenvalue weighted by atomic mass is 19.4. The second-order valence-corrected chi connectivity index (χ2v) is 5.70. The minimum absolute atomic E-state index is 0.0707. The normalized spacial score (nSPS) is 12.5. The number of alkyl halides is 3. The topological polar surface area (TPSA) is 55.8 Å². The molecule has 2 rings (SSSR count). The van der Waals surface area contributed by atoms with Gasteiger partial charge in [-0.25, -0.2) is 0 Å². The molecule has 2 aromatic carbocycles. The summed E-state index contributed by atoms with van der Waals surface area (Å²) in [4.78, 5) is 11.3. The quantitative estimate of drug-likeness (QED) is 0.782. The summed E-state index contributed by atoms with van der Waals surface area (Å²) in [5, 5.41) is 9.23. The minimum Gasteiger partial charge on any atom is -0.497 e. The lowest BCUT2D eigenvalue weighted by Crippen LogP contribution is -2.13. The predicted octanol–water partition coefficient (Wildman–Crippen LogP) is 4.97. The van der Waals surface area contributed by atoms with Crippen LogP contribution in [0.5, 0.6) is 11.5 Å². The number of ether oxygens (including phenoxy) is 2. The molecule has 0 spiro atoms. The van der Waals surface area contributed by atoms with Crippen LogP contribution in [0.2, 0.25) is 0 Å². The van der Waals surface area contributed by atoms with Crippen LogP contribution in [0.15, 0.2) is 36.4 Å². The molecule has 1 unspecified atom stereocenters. The molecule has 0 heterocycles. The summed E-state index contributed by atoms with van der Waals surface area (Å²) in [5.74, 6) is -1.44. The fourth-order valence-corrected chi connectivity index (χ4v) is 2.78. The summed E-state index contributed by atoms with van der Waals surface area (Å²) in [7, 11) is 2.82. The molecule has 0 radical (unpaired) electrons. The van der Waals surface area contributed by atoms with Gasteiger partial charge in [0.25, 0.3) is 0 Å². The van der Waals surface area contributed by atoms with Crippen molar-refractivity contribution in [1.29, 1.82) is 0 Å². The molecule has 1 atom stereocenters. The maximum atomic E-state index is 13.6. The van der Waals surface area contributed by atoms with Crippen molar-refractivity contribution in [2.75, 3.05) is 14.2 Å². The minimum atomic E-state index is -4.64. The van der Waals surface area contributed by atoms with E-state index < -0.39 is 23.6 Å². The fraction of sp³-hybridized carbons (Fsp3) is 0.316. The SMILES string of the molecule is CCC(C(=O)O)c1ccc(-c2cc(OC)cc(OC)c2)c(C(F)(F)F)c1. The molecule has 1 N–H and O–H groups in total. The molecule has 0 aliphatic carbocycles. The van der Waals surface area contributed by atoms with Crippen molar-refractivity contribution >= 4 is 5.97 Å². The molecule has 0 aliphatic rings. The first-order valence-corrected chi connectivity index (χ1v) is 7.88. The fourth-order valence-electron chi connectivity index (χ4n) is 2.78. The highest BCUT2D eigenvalue weighted by molar-refractivity contribution is 5.78. The van der Waals surface area contributed by atoms with E-state index in [-0.39, 0.29) is 23.1 Å². The zero-order valence-electron chi connectivity index (χ0n) is 14.6. The first kappa shape index (κ1) is 19.6. The van der Waals surface area contributed by atoms with Crippen molar-refractivity contribution in [2.24, 2.45) is 0 Å². The zero-order valence-corrected chi connectivity index (χ0v) is 14.6. The Kier molecular flexibility index (Phi) is 5.79. The van der Waals surface area contributed by atoms with E-state index in [1.165, 1.54) is 38.5 Å². The number of hydrogen-bond donors (Lipinski definition) is 1. The number of benzene rings is 2.